The van der Waals surface area contributed by atoms with Crippen molar-refractivity contribution in [3.8, 4) is 0 Å². The average Bonchev–Trinajstić information content (AvgIpc) is 2.29. The lowest BCUT2D eigenvalue weighted by molar-refractivity contribution is -0.138. The van der Waals surface area contributed by atoms with Crippen LogP contribution in [0.1, 0.15) is 34.1 Å². The minimum absolute atomic E-state index is 0.0471. The van der Waals surface area contributed by atoms with Crippen LogP contribution in [0, 0.1) is 0 Å². The molecule has 0 fully saturated rings. The van der Waals surface area contributed by atoms with Gasteiger partial charge in [-0.3, -0.25) is 4.79 Å². The molecule has 3 N–H and O–H groups in total. The van der Waals surface area contributed by atoms with Crippen molar-refractivity contribution >= 4 is 22.0 Å². The van der Waals surface area contributed by atoms with Crippen LogP contribution in [0.25, 0.3) is 0 Å². The molecule has 0 aromatic carbocycles. The monoisotopic (exact) mass is 323 g/mol. The van der Waals surface area contributed by atoms with E-state index >= 15 is 0 Å². The van der Waals surface area contributed by atoms with E-state index in [9.17, 15) is 18.0 Å². The maximum Gasteiger partial charge on any atom is 0.323 e. The Balaban J connectivity index is 4.73. The molecule has 0 saturated heterocycles. The summed E-state index contributed by atoms with van der Waals surface area (Å²) in [4.78, 5) is 24.1. The summed E-state index contributed by atoms with van der Waals surface area (Å²) in [7, 11) is -3.40. The number of nitrogens with zero attached hydrogens (tertiary/aromatic N) is 1. The summed E-state index contributed by atoms with van der Waals surface area (Å²) in [6, 6.07) is -0.762. The fraction of sp³-hybridized carbons (Fsp3) is 0.833. The quantitative estimate of drug-likeness (QED) is 0.590. The van der Waals surface area contributed by atoms with Gasteiger partial charge in [0.15, 0.2) is 0 Å². The van der Waals surface area contributed by atoms with Gasteiger partial charge in [0.1, 0.15) is 6.54 Å². The summed E-state index contributed by atoms with van der Waals surface area (Å²) in [5, 5.41) is 11.4. The van der Waals surface area contributed by atoms with E-state index in [1.807, 2.05) is 6.92 Å². The van der Waals surface area contributed by atoms with Crippen LogP contribution in [-0.2, 0) is 14.8 Å². The first-order chi connectivity index (χ1) is 9.38. The summed E-state index contributed by atoms with van der Waals surface area (Å²) < 4.78 is 24.8. The van der Waals surface area contributed by atoms with E-state index in [0.717, 1.165) is 6.26 Å². The molecular formula is C12H25N3O5S. The number of sulfonamides is 1. The van der Waals surface area contributed by atoms with Gasteiger partial charge in [-0.15, -0.1) is 0 Å². The highest BCUT2D eigenvalue weighted by atomic mass is 32.2. The molecule has 1 atom stereocenters. The lowest BCUT2D eigenvalue weighted by Crippen LogP contribution is -2.55. The zero-order chi connectivity index (χ0) is 16.8. The molecule has 124 valence electrons. The molecule has 0 spiro atoms. The van der Waals surface area contributed by atoms with Gasteiger partial charge >= 0.3 is 12.0 Å². The Labute approximate surface area is 125 Å². The summed E-state index contributed by atoms with van der Waals surface area (Å²) in [5.41, 5.74) is -0.867. The topological polar surface area (TPSA) is 116 Å². The molecule has 9 heteroatoms. The maximum atomic E-state index is 12.1. The molecule has 0 bridgehead atoms. The number of rotatable bonds is 8. The van der Waals surface area contributed by atoms with Crippen molar-refractivity contribution in [1.82, 2.24) is 14.9 Å². The van der Waals surface area contributed by atoms with Crippen molar-refractivity contribution < 1.29 is 23.1 Å². The normalized spacial score (nSPS) is 13.6. The first-order valence-electron chi connectivity index (χ1n) is 6.63. The van der Waals surface area contributed by atoms with Crippen LogP contribution < -0.4 is 10.0 Å². The number of carboxylic acid groups (broad SMARTS) is 1. The van der Waals surface area contributed by atoms with Crippen LogP contribution in [0.3, 0.4) is 0 Å². The Morgan fingerprint density at radius 2 is 1.86 bits per heavy atom. The molecular weight excluding hydrogens is 298 g/mol. The fourth-order valence-corrected chi connectivity index (χ4v) is 2.81. The Morgan fingerprint density at radius 3 is 2.24 bits per heavy atom. The summed E-state index contributed by atoms with van der Waals surface area (Å²) in [6.07, 6.45) is 1.65. The van der Waals surface area contributed by atoms with E-state index in [-0.39, 0.29) is 12.6 Å². The zero-order valence-corrected chi connectivity index (χ0v) is 14.0. The van der Waals surface area contributed by atoms with Gasteiger partial charge < -0.3 is 15.3 Å². The number of carbonyl (C=O) groups excluding carboxylic acids is 1. The van der Waals surface area contributed by atoms with Gasteiger partial charge in [-0.1, -0.05) is 6.92 Å². The molecule has 0 aliphatic rings. The molecule has 0 aliphatic heterocycles. The van der Waals surface area contributed by atoms with Crippen LogP contribution in [0.2, 0.25) is 0 Å². The predicted molar refractivity (Wildman–Crippen MR) is 79.6 cm³/mol. The predicted octanol–water partition coefficient (Wildman–Crippen LogP) is 0.209. The molecule has 0 heterocycles. The highest BCUT2D eigenvalue weighted by Crippen LogP contribution is 2.06. The Kier molecular flexibility index (Phi) is 7.11. The van der Waals surface area contributed by atoms with Gasteiger partial charge in [0, 0.05) is 18.1 Å². The maximum absolute atomic E-state index is 12.1. The number of carboxylic acids is 1. The van der Waals surface area contributed by atoms with Gasteiger partial charge in [0.25, 0.3) is 0 Å². The van der Waals surface area contributed by atoms with Crippen molar-refractivity contribution in [3.63, 3.8) is 0 Å². The largest absolute Gasteiger partial charge is 0.480 e. The summed E-state index contributed by atoms with van der Waals surface area (Å²) in [6.45, 7) is 6.49. The van der Waals surface area contributed by atoms with E-state index in [1.165, 1.54) is 4.90 Å². The highest BCUT2D eigenvalue weighted by Gasteiger charge is 2.26. The van der Waals surface area contributed by atoms with Crippen molar-refractivity contribution in [2.75, 3.05) is 19.3 Å². The van der Waals surface area contributed by atoms with Crippen molar-refractivity contribution in [1.29, 1.82) is 0 Å². The van der Waals surface area contributed by atoms with E-state index in [1.54, 1.807) is 20.8 Å². The van der Waals surface area contributed by atoms with Crippen LogP contribution in [0.15, 0.2) is 0 Å². The first kappa shape index (κ1) is 19.7. The molecule has 0 aromatic heterocycles. The van der Waals surface area contributed by atoms with E-state index in [2.05, 4.69) is 10.0 Å². The van der Waals surface area contributed by atoms with Crippen LogP contribution in [0.4, 0.5) is 4.79 Å². The number of hydrogen-bond acceptors (Lipinski definition) is 4. The zero-order valence-electron chi connectivity index (χ0n) is 13.1. The molecule has 0 radical (unpaired) electrons. The summed E-state index contributed by atoms with van der Waals surface area (Å²) >= 11 is 0. The molecule has 8 nitrogen and oxygen atoms in total. The molecule has 0 aromatic rings. The standard InChI is InChI=1S/C12H25N3O5S/c1-6-9(2)15(7-10(16)17)11(18)13-8-12(3,4)14-21(5,19)20/h9,14H,6-8H2,1-5H3,(H,13,18)(H,16,17). The molecule has 1 unspecified atom stereocenters. The Bertz CT molecular complexity index is 475. The fourth-order valence-electron chi connectivity index (χ4n) is 1.73. The van der Waals surface area contributed by atoms with E-state index in [0.29, 0.717) is 6.42 Å². The number of carbonyl (C=O) groups is 2. The molecule has 0 rings (SSSR count). The van der Waals surface area contributed by atoms with Crippen molar-refractivity contribution in [3.05, 3.63) is 0 Å². The lowest BCUT2D eigenvalue weighted by atomic mass is 10.1. The van der Waals surface area contributed by atoms with Gasteiger partial charge in [0.05, 0.1) is 6.26 Å². The molecule has 2 amide bonds. The number of hydrogen-bond donors (Lipinski definition) is 3. The number of amides is 2. The highest BCUT2D eigenvalue weighted by molar-refractivity contribution is 7.88. The minimum Gasteiger partial charge on any atom is -0.480 e. The molecule has 21 heavy (non-hydrogen) atoms. The SMILES string of the molecule is CCC(C)N(CC(=O)O)C(=O)NCC(C)(C)NS(C)(=O)=O. The van der Waals surface area contributed by atoms with Gasteiger partial charge in [0.2, 0.25) is 10.0 Å². The van der Waals surface area contributed by atoms with E-state index in [4.69, 9.17) is 5.11 Å². The van der Waals surface area contributed by atoms with Crippen molar-refractivity contribution in [2.24, 2.45) is 0 Å². The van der Waals surface area contributed by atoms with E-state index < -0.39 is 34.1 Å². The van der Waals surface area contributed by atoms with Gasteiger partial charge in [-0.2, -0.15) is 0 Å². The van der Waals surface area contributed by atoms with Crippen LogP contribution in [0.5, 0.6) is 0 Å². The van der Waals surface area contributed by atoms with Crippen LogP contribution >= 0.6 is 0 Å². The third kappa shape index (κ3) is 8.51. The van der Waals surface area contributed by atoms with Crippen molar-refractivity contribution in [2.45, 2.75) is 45.7 Å². The second-order valence-electron chi connectivity index (χ2n) is 5.70. The summed E-state index contributed by atoms with van der Waals surface area (Å²) in [5.74, 6) is -1.10. The molecule has 0 aliphatic carbocycles. The molecule has 0 saturated carbocycles. The second kappa shape index (κ2) is 7.60. The average molecular weight is 323 g/mol. The lowest BCUT2D eigenvalue weighted by Gasteiger charge is -2.30. The number of nitrogens with one attached hydrogen (secondary N) is 2. The number of urea groups is 1. The minimum atomic E-state index is -3.40. The smallest absolute Gasteiger partial charge is 0.323 e. The van der Waals surface area contributed by atoms with Gasteiger partial charge in [-0.25, -0.2) is 17.9 Å². The first-order valence-corrected chi connectivity index (χ1v) is 8.52. The Hall–Kier alpha value is -1.35. The third-order valence-corrected chi connectivity index (χ3v) is 3.76. The van der Waals surface area contributed by atoms with Gasteiger partial charge in [-0.05, 0) is 27.2 Å². The van der Waals surface area contributed by atoms with Crippen LogP contribution in [-0.4, -0.2) is 61.4 Å². The number of aliphatic carboxylic acids is 1. The third-order valence-electron chi connectivity index (χ3n) is 2.83. The second-order valence-corrected chi connectivity index (χ2v) is 7.44. The Morgan fingerprint density at radius 1 is 1.33 bits per heavy atom.